The van der Waals surface area contributed by atoms with Gasteiger partial charge in [0, 0.05) is 25.1 Å². The lowest BCUT2D eigenvalue weighted by atomic mass is 10.2. The fourth-order valence-corrected chi connectivity index (χ4v) is 1.34. The quantitative estimate of drug-likeness (QED) is 0.672. The van der Waals surface area contributed by atoms with Gasteiger partial charge in [0.25, 0.3) is 0 Å². The van der Waals surface area contributed by atoms with Gasteiger partial charge in [0.1, 0.15) is 0 Å². The molecule has 1 amide bonds. The van der Waals surface area contributed by atoms with E-state index in [4.69, 9.17) is 0 Å². The Morgan fingerprint density at radius 3 is 2.29 bits per heavy atom. The first kappa shape index (κ1) is 16.7. The van der Waals surface area contributed by atoms with Crippen LogP contribution in [0.1, 0.15) is 19.3 Å². The molecule has 1 aromatic rings. The molecule has 0 radical (unpaired) electrons. The first-order chi connectivity index (χ1) is 9.71. The first-order valence-corrected chi connectivity index (χ1v) is 5.87. The highest BCUT2D eigenvalue weighted by Crippen LogP contribution is 2.19. The van der Waals surface area contributed by atoms with Gasteiger partial charge in [-0.05, 0) is 12.8 Å². The number of hydrogen-bond acceptors (Lipinski definition) is 5. The van der Waals surface area contributed by atoms with Gasteiger partial charge in [0.15, 0.2) is 0 Å². The normalized spacial score (nSPS) is 11.2. The number of carbonyl (C=O) groups is 2. The fourth-order valence-electron chi connectivity index (χ4n) is 1.34. The summed E-state index contributed by atoms with van der Waals surface area (Å²) >= 11 is 0. The molecule has 0 saturated carbocycles. The van der Waals surface area contributed by atoms with E-state index >= 15 is 0 Å². The number of nitrogens with zero attached hydrogens (tertiary/aromatic N) is 1. The van der Waals surface area contributed by atoms with Crippen molar-refractivity contribution in [3.8, 4) is 11.8 Å². The van der Waals surface area contributed by atoms with Crippen LogP contribution in [0.3, 0.4) is 0 Å². The summed E-state index contributed by atoms with van der Waals surface area (Å²) in [6, 6.07) is 2.21. The van der Waals surface area contributed by atoms with Crippen molar-refractivity contribution in [2.75, 3.05) is 6.54 Å². The minimum atomic E-state index is -4.93. The van der Waals surface area contributed by atoms with Gasteiger partial charge in [-0.3, -0.25) is 4.79 Å². The monoisotopic (exact) mass is 310 g/mol. The zero-order valence-electron chi connectivity index (χ0n) is 10.7. The van der Waals surface area contributed by atoms with Gasteiger partial charge in [0.05, 0.1) is 0 Å². The summed E-state index contributed by atoms with van der Waals surface area (Å²) in [6.07, 6.45) is -4.78. The van der Waals surface area contributed by atoms with Gasteiger partial charge in [-0.2, -0.15) is 13.2 Å². The predicted octanol–water partition coefficient (Wildman–Crippen LogP) is 0.703. The van der Waals surface area contributed by atoms with Crippen LogP contribution in [0.5, 0.6) is 11.8 Å². The molecule has 1 heterocycles. The summed E-state index contributed by atoms with van der Waals surface area (Å²) in [5.41, 5.74) is 0. The summed E-state index contributed by atoms with van der Waals surface area (Å²) in [7, 11) is 0. The molecule has 0 spiro atoms. The van der Waals surface area contributed by atoms with E-state index in [0.29, 0.717) is 4.73 Å². The van der Waals surface area contributed by atoms with Crippen LogP contribution in [0, 0.1) is 0 Å². The highest BCUT2D eigenvalue weighted by atomic mass is 19.4. The molecule has 118 valence electrons. The standard InChI is InChI=1S/C11H13F3N2O5/c12-11(13,14)10(20)15-6-2-1-3-9(19)21-16-7(17)4-5-8(16)18/h4-5,17-18H,1-3,6H2,(H,15,20). The number of alkyl halides is 3. The van der Waals surface area contributed by atoms with Crippen LogP contribution in [0.25, 0.3) is 0 Å². The number of hydrogen-bond donors (Lipinski definition) is 3. The lowest BCUT2D eigenvalue weighted by Crippen LogP contribution is -2.37. The Hall–Kier alpha value is -2.39. The van der Waals surface area contributed by atoms with E-state index in [0.717, 1.165) is 12.1 Å². The second-order valence-electron chi connectivity index (χ2n) is 4.02. The second kappa shape index (κ2) is 6.86. The first-order valence-electron chi connectivity index (χ1n) is 5.87. The van der Waals surface area contributed by atoms with E-state index in [-0.39, 0.29) is 25.8 Å². The lowest BCUT2D eigenvalue weighted by Gasteiger charge is -2.08. The molecule has 0 unspecified atom stereocenters. The van der Waals surface area contributed by atoms with E-state index in [1.54, 1.807) is 5.32 Å². The minimum absolute atomic E-state index is 0.139. The Kier molecular flexibility index (Phi) is 5.44. The van der Waals surface area contributed by atoms with Gasteiger partial charge in [-0.25, -0.2) is 4.79 Å². The van der Waals surface area contributed by atoms with Crippen molar-refractivity contribution in [3.05, 3.63) is 12.1 Å². The Labute approximate surface area is 116 Å². The van der Waals surface area contributed by atoms with Gasteiger partial charge < -0.3 is 20.4 Å². The number of nitrogens with one attached hydrogen (secondary N) is 1. The van der Waals surface area contributed by atoms with Crippen molar-refractivity contribution in [3.63, 3.8) is 0 Å². The van der Waals surface area contributed by atoms with Crippen molar-refractivity contribution < 1.29 is 37.8 Å². The van der Waals surface area contributed by atoms with Crippen LogP contribution < -0.4 is 10.2 Å². The average molecular weight is 310 g/mol. The molecular weight excluding hydrogens is 297 g/mol. The molecule has 21 heavy (non-hydrogen) atoms. The van der Waals surface area contributed by atoms with E-state index in [2.05, 4.69) is 4.84 Å². The average Bonchev–Trinajstić information content (AvgIpc) is 2.68. The Morgan fingerprint density at radius 2 is 1.76 bits per heavy atom. The molecule has 0 aromatic carbocycles. The summed E-state index contributed by atoms with van der Waals surface area (Å²) in [4.78, 5) is 26.4. The van der Waals surface area contributed by atoms with E-state index < -0.39 is 29.8 Å². The third-order valence-corrected chi connectivity index (χ3v) is 2.34. The number of aromatic hydroxyl groups is 2. The van der Waals surface area contributed by atoms with E-state index in [9.17, 15) is 33.0 Å². The maximum absolute atomic E-state index is 11.8. The number of unbranched alkanes of at least 4 members (excludes halogenated alkanes) is 1. The van der Waals surface area contributed by atoms with Crippen LogP contribution in [-0.2, 0) is 9.59 Å². The molecular formula is C11H13F3N2O5. The van der Waals surface area contributed by atoms with Gasteiger partial charge in [-0.1, -0.05) is 0 Å². The smallest absolute Gasteiger partial charge is 0.471 e. The van der Waals surface area contributed by atoms with Crippen LogP contribution in [-0.4, -0.2) is 39.5 Å². The molecule has 0 fully saturated rings. The zero-order chi connectivity index (χ0) is 16.0. The SMILES string of the molecule is O=C(CCCCNC(=O)C(F)(F)F)On1c(O)ccc1O. The number of halogens is 3. The summed E-state index contributed by atoms with van der Waals surface area (Å²) in [6.45, 7) is -0.231. The van der Waals surface area contributed by atoms with E-state index in [1.807, 2.05) is 0 Å². The molecule has 0 aliphatic rings. The van der Waals surface area contributed by atoms with Crippen molar-refractivity contribution in [2.45, 2.75) is 25.4 Å². The minimum Gasteiger partial charge on any atom is -0.492 e. The van der Waals surface area contributed by atoms with Crippen molar-refractivity contribution in [1.29, 1.82) is 0 Å². The second-order valence-corrected chi connectivity index (χ2v) is 4.02. The lowest BCUT2D eigenvalue weighted by molar-refractivity contribution is -0.173. The summed E-state index contributed by atoms with van der Waals surface area (Å²) in [5.74, 6) is -3.78. The number of rotatable bonds is 6. The number of amides is 1. The van der Waals surface area contributed by atoms with Gasteiger partial charge in [-0.15, -0.1) is 4.73 Å². The highest BCUT2D eigenvalue weighted by Gasteiger charge is 2.38. The maximum Gasteiger partial charge on any atom is 0.471 e. The molecule has 1 aromatic heterocycles. The molecule has 0 aliphatic heterocycles. The van der Waals surface area contributed by atoms with Gasteiger partial charge >= 0.3 is 18.1 Å². The predicted molar refractivity (Wildman–Crippen MR) is 62.3 cm³/mol. The molecule has 7 nitrogen and oxygen atoms in total. The Bertz CT molecular complexity index is 493. The van der Waals surface area contributed by atoms with Crippen molar-refractivity contribution in [2.24, 2.45) is 0 Å². The summed E-state index contributed by atoms with van der Waals surface area (Å²) < 4.78 is 36.0. The topological polar surface area (TPSA) is 101 Å². The van der Waals surface area contributed by atoms with Crippen LogP contribution in [0.2, 0.25) is 0 Å². The fraction of sp³-hybridized carbons (Fsp3) is 0.455. The molecule has 0 atom stereocenters. The molecule has 0 bridgehead atoms. The molecule has 0 aliphatic carbocycles. The molecule has 1 rings (SSSR count). The van der Waals surface area contributed by atoms with Crippen LogP contribution in [0.15, 0.2) is 12.1 Å². The van der Waals surface area contributed by atoms with Crippen LogP contribution >= 0.6 is 0 Å². The van der Waals surface area contributed by atoms with Gasteiger partial charge in [0.2, 0.25) is 11.8 Å². The van der Waals surface area contributed by atoms with Crippen molar-refractivity contribution >= 4 is 11.9 Å². The highest BCUT2D eigenvalue weighted by molar-refractivity contribution is 5.81. The molecule has 10 heteroatoms. The van der Waals surface area contributed by atoms with Crippen LogP contribution in [0.4, 0.5) is 13.2 Å². The van der Waals surface area contributed by atoms with Crippen molar-refractivity contribution in [1.82, 2.24) is 10.0 Å². The Balaban J connectivity index is 2.22. The summed E-state index contributed by atoms with van der Waals surface area (Å²) in [5, 5.41) is 20.1. The molecule has 3 N–H and O–H groups in total. The maximum atomic E-state index is 11.8. The number of aromatic nitrogens is 1. The number of carbonyl (C=O) groups excluding carboxylic acids is 2. The third kappa shape index (κ3) is 5.24. The molecule has 0 saturated heterocycles. The Morgan fingerprint density at radius 1 is 1.19 bits per heavy atom. The largest absolute Gasteiger partial charge is 0.492 e. The zero-order valence-corrected chi connectivity index (χ0v) is 10.7. The van der Waals surface area contributed by atoms with E-state index in [1.165, 1.54) is 0 Å². The third-order valence-electron chi connectivity index (χ3n) is 2.34.